The molecule has 2 bridgehead atoms. The van der Waals surface area contributed by atoms with Gasteiger partial charge in [0.1, 0.15) is 12.2 Å². The van der Waals surface area contributed by atoms with E-state index in [9.17, 15) is 10.2 Å². The van der Waals surface area contributed by atoms with E-state index in [1.807, 2.05) is 0 Å². The van der Waals surface area contributed by atoms with Crippen LogP contribution in [-0.2, 0) is 13.3 Å². The first kappa shape index (κ1) is 7.65. The third-order valence-corrected chi connectivity index (χ3v) is 3.92. The third kappa shape index (κ3) is 1.12. The Labute approximate surface area is 64.9 Å². The van der Waals surface area contributed by atoms with E-state index in [0.717, 1.165) is 0 Å². The second-order valence-corrected chi connectivity index (χ2v) is 5.32. The van der Waals surface area contributed by atoms with Crippen molar-refractivity contribution in [2.45, 2.75) is 25.0 Å². The van der Waals surface area contributed by atoms with Crippen LogP contribution in [0, 0.1) is 0 Å². The molecule has 4 atom stereocenters. The Morgan fingerprint density at radius 1 is 1.36 bits per heavy atom. The summed E-state index contributed by atoms with van der Waals surface area (Å²) in [6.45, 7) is 1.90. The van der Waals surface area contributed by atoms with Crippen molar-refractivity contribution in [2.75, 3.05) is 6.61 Å². The summed E-state index contributed by atoms with van der Waals surface area (Å²) in [5.74, 6) is 0. The van der Waals surface area contributed by atoms with Gasteiger partial charge < -0.3 is 23.5 Å². The fourth-order valence-electron chi connectivity index (χ4n) is 1.29. The molecule has 11 heavy (non-hydrogen) atoms. The highest BCUT2D eigenvalue weighted by molar-refractivity contribution is 6.60. The molecule has 2 fully saturated rings. The van der Waals surface area contributed by atoms with Crippen LogP contribution < -0.4 is 0 Å². The molecule has 4 unspecified atom stereocenters. The predicted molar refractivity (Wildman–Crippen MR) is 35.5 cm³/mol. The fourth-order valence-corrected chi connectivity index (χ4v) is 3.29. The van der Waals surface area contributed by atoms with Gasteiger partial charge in [-0.25, -0.2) is 0 Å². The lowest BCUT2D eigenvalue weighted by atomic mass is 10.2. The summed E-state index contributed by atoms with van der Waals surface area (Å²) in [5.41, 5.74) is 0. The van der Waals surface area contributed by atoms with Crippen molar-refractivity contribution in [1.29, 1.82) is 0 Å². The van der Waals surface area contributed by atoms with E-state index >= 15 is 0 Å². The Bertz CT molecular complexity index is 176. The molecule has 6 heteroatoms. The van der Waals surface area contributed by atoms with E-state index in [4.69, 9.17) is 13.3 Å². The highest BCUT2D eigenvalue weighted by atomic mass is 28.4. The number of fused-ring (bicyclic) bond motifs is 2. The van der Waals surface area contributed by atoms with Gasteiger partial charge in [-0.2, -0.15) is 0 Å². The lowest BCUT2D eigenvalue weighted by Gasteiger charge is -2.27. The van der Waals surface area contributed by atoms with E-state index in [0.29, 0.717) is 0 Å². The molecule has 0 aromatic rings. The molecule has 5 nitrogen and oxygen atoms in total. The van der Waals surface area contributed by atoms with E-state index in [2.05, 4.69) is 0 Å². The molecule has 2 heterocycles. The Morgan fingerprint density at radius 3 is 2.73 bits per heavy atom. The molecule has 0 radical (unpaired) electrons. The van der Waals surface area contributed by atoms with Crippen LogP contribution in [0.3, 0.4) is 0 Å². The van der Waals surface area contributed by atoms with Gasteiger partial charge in [0, 0.05) is 6.55 Å². The van der Waals surface area contributed by atoms with Crippen LogP contribution in [0.1, 0.15) is 0 Å². The van der Waals surface area contributed by atoms with Crippen LogP contribution in [0.2, 0.25) is 6.55 Å². The second kappa shape index (κ2) is 2.25. The van der Waals surface area contributed by atoms with Crippen LogP contribution in [-0.4, -0.2) is 44.1 Å². The SMILES string of the molecule is C[Si]12OCC(O)C(O1)C(O)O2. The van der Waals surface area contributed by atoms with Crippen molar-refractivity contribution in [3.8, 4) is 0 Å². The topological polar surface area (TPSA) is 68.2 Å². The van der Waals surface area contributed by atoms with Gasteiger partial charge in [0.25, 0.3) is 0 Å². The Balaban J connectivity index is 2.18. The normalized spacial score (nSPS) is 56.5. The third-order valence-electron chi connectivity index (χ3n) is 1.86. The molecule has 2 aliphatic rings. The molecule has 2 aliphatic heterocycles. The Hall–Kier alpha value is 0.0169. The molecule has 2 N–H and O–H groups in total. The minimum atomic E-state index is -2.55. The molecule has 64 valence electrons. The average molecular weight is 178 g/mol. The van der Waals surface area contributed by atoms with Gasteiger partial charge in [-0.05, 0) is 0 Å². The summed E-state index contributed by atoms with van der Waals surface area (Å²) in [4.78, 5) is 0. The van der Waals surface area contributed by atoms with Crippen LogP contribution in [0.15, 0.2) is 0 Å². The van der Waals surface area contributed by atoms with Gasteiger partial charge in [-0.1, -0.05) is 0 Å². The lowest BCUT2D eigenvalue weighted by Crippen LogP contribution is -2.48. The molecule has 2 saturated heterocycles. The van der Waals surface area contributed by atoms with Crippen molar-refractivity contribution in [2.24, 2.45) is 0 Å². The number of rotatable bonds is 0. The molecule has 0 saturated carbocycles. The monoisotopic (exact) mass is 178 g/mol. The second-order valence-electron chi connectivity index (χ2n) is 2.83. The number of aliphatic hydroxyl groups is 2. The zero-order chi connectivity index (χ0) is 8.06. The van der Waals surface area contributed by atoms with E-state index < -0.39 is 27.3 Å². The molecule has 0 spiro atoms. The summed E-state index contributed by atoms with van der Waals surface area (Å²) in [5, 5.41) is 18.4. The van der Waals surface area contributed by atoms with Gasteiger partial charge >= 0.3 is 8.80 Å². The first-order chi connectivity index (χ1) is 5.11. The number of hydrogen-bond acceptors (Lipinski definition) is 5. The summed E-state index contributed by atoms with van der Waals surface area (Å²) in [6, 6.07) is 0. The first-order valence-corrected chi connectivity index (χ1v) is 5.69. The quantitative estimate of drug-likeness (QED) is 0.450. The zero-order valence-electron chi connectivity index (χ0n) is 6.06. The minimum Gasteiger partial charge on any atom is -0.388 e. The smallest absolute Gasteiger partial charge is 0.388 e. The molecular formula is C5H10O5Si. The van der Waals surface area contributed by atoms with E-state index in [-0.39, 0.29) is 6.61 Å². The van der Waals surface area contributed by atoms with Crippen LogP contribution in [0.25, 0.3) is 0 Å². The fraction of sp³-hybridized carbons (Fsp3) is 1.00. The largest absolute Gasteiger partial charge is 0.500 e. The van der Waals surface area contributed by atoms with Gasteiger partial charge in [0.2, 0.25) is 0 Å². The van der Waals surface area contributed by atoms with Crippen molar-refractivity contribution >= 4 is 8.80 Å². The summed E-state index contributed by atoms with van der Waals surface area (Å²) in [7, 11) is -2.55. The van der Waals surface area contributed by atoms with E-state index in [1.165, 1.54) is 0 Å². The molecule has 0 aromatic heterocycles. The standard InChI is InChI=1S/C5H10O5Si/c1-11-8-2-3(6)4(9-11)5(7)10-11/h3-7H,2H2,1H3. The maximum atomic E-state index is 9.21. The highest BCUT2D eigenvalue weighted by Gasteiger charge is 2.55. The van der Waals surface area contributed by atoms with Crippen molar-refractivity contribution in [3.05, 3.63) is 0 Å². The van der Waals surface area contributed by atoms with Crippen LogP contribution in [0.5, 0.6) is 0 Å². The predicted octanol–water partition coefficient (Wildman–Crippen LogP) is -1.32. The summed E-state index contributed by atoms with van der Waals surface area (Å²) < 4.78 is 15.4. The van der Waals surface area contributed by atoms with Gasteiger partial charge in [0.15, 0.2) is 6.29 Å². The van der Waals surface area contributed by atoms with E-state index in [1.54, 1.807) is 6.55 Å². The number of hydrogen-bond donors (Lipinski definition) is 2. The lowest BCUT2D eigenvalue weighted by molar-refractivity contribution is -0.0921. The number of aliphatic hydroxyl groups excluding tert-OH is 2. The highest BCUT2D eigenvalue weighted by Crippen LogP contribution is 2.31. The molecule has 2 rings (SSSR count). The summed E-state index contributed by atoms with van der Waals surface area (Å²) in [6.07, 6.45) is -2.40. The van der Waals surface area contributed by atoms with Crippen molar-refractivity contribution in [1.82, 2.24) is 0 Å². The summed E-state index contributed by atoms with van der Waals surface area (Å²) >= 11 is 0. The molecule has 0 aromatic carbocycles. The van der Waals surface area contributed by atoms with Crippen LogP contribution >= 0.6 is 0 Å². The minimum absolute atomic E-state index is 0.199. The van der Waals surface area contributed by atoms with Crippen LogP contribution in [0.4, 0.5) is 0 Å². The Kier molecular flexibility index (Phi) is 1.57. The first-order valence-electron chi connectivity index (χ1n) is 3.46. The Morgan fingerprint density at radius 2 is 2.09 bits per heavy atom. The van der Waals surface area contributed by atoms with Gasteiger partial charge in [-0.15, -0.1) is 0 Å². The maximum Gasteiger partial charge on any atom is 0.500 e. The zero-order valence-corrected chi connectivity index (χ0v) is 7.06. The van der Waals surface area contributed by atoms with Crippen molar-refractivity contribution < 1.29 is 23.5 Å². The molecular weight excluding hydrogens is 168 g/mol. The van der Waals surface area contributed by atoms with Crippen molar-refractivity contribution in [3.63, 3.8) is 0 Å². The molecule has 0 amide bonds. The van der Waals surface area contributed by atoms with Gasteiger partial charge in [0.05, 0.1) is 6.61 Å². The maximum absolute atomic E-state index is 9.21. The van der Waals surface area contributed by atoms with Gasteiger partial charge in [-0.3, -0.25) is 0 Å². The molecule has 0 aliphatic carbocycles. The average Bonchev–Trinajstić information content (AvgIpc) is 2.18.